The van der Waals surface area contributed by atoms with Gasteiger partial charge in [-0.25, -0.2) is 21.6 Å². The van der Waals surface area contributed by atoms with E-state index in [9.17, 15) is 26.4 Å². The molecule has 0 heterocycles. The fourth-order valence-corrected chi connectivity index (χ4v) is 3.28. The summed E-state index contributed by atoms with van der Waals surface area (Å²) in [7, 11) is -3.55. The maximum absolute atomic E-state index is 13.7. The maximum Gasteiger partial charge on any atom is 0.246 e. The minimum absolute atomic E-state index is 0.244. The highest BCUT2D eigenvalue weighted by Crippen LogP contribution is 2.23. The van der Waals surface area contributed by atoms with Gasteiger partial charge in [0.1, 0.15) is 4.90 Å². The van der Waals surface area contributed by atoms with Gasteiger partial charge in [0.25, 0.3) is 0 Å². The lowest BCUT2D eigenvalue weighted by molar-refractivity contribution is -0.116. The monoisotopic (exact) mass is 392 g/mol. The summed E-state index contributed by atoms with van der Waals surface area (Å²) in [6.45, 7) is -0.689. The average Bonchev–Trinajstić information content (AvgIpc) is 2.54. The Hall–Kier alpha value is -2.10. The summed E-state index contributed by atoms with van der Waals surface area (Å²) >= 11 is 5.87. The van der Waals surface area contributed by atoms with E-state index in [1.54, 1.807) is 12.1 Å². The van der Waals surface area contributed by atoms with Gasteiger partial charge in [0.15, 0.2) is 17.5 Å². The van der Waals surface area contributed by atoms with Crippen LogP contribution in [0.3, 0.4) is 0 Å². The van der Waals surface area contributed by atoms with Crippen LogP contribution in [0, 0.1) is 17.5 Å². The van der Waals surface area contributed by atoms with Gasteiger partial charge in [-0.05, 0) is 24.3 Å². The van der Waals surface area contributed by atoms with Crippen LogP contribution in [0.2, 0.25) is 5.02 Å². The second kappa shape index (κ2) is 7.42. The van der Waals surface area contributed by atoms with Crippen LogP contribution in [0.1, 0.15) is 0 Å². The van der Waals surface area contributed by atoms with Crippen LogP contribution in [-0.2, 0) is 14.8 Å². The Labute approximate surface area is 147 Å². The first-order valence-electron chi connectivity index (χ1n) is 6.79. The standard InChI is InChI=1S/C15H12ClF3N2O3S/c1-21(8-13(22)20-11-5-3-2-4-9(11)16)25(23,24)12-7-6-10(17)14(18)15(12)19/h2-7H,8H2,1H3,(H,20,22). The number of nitrogens with one attached hydrogen (secondary N) is 1. The Morgan fingerprint density at radius 2 is 1.76 bits per heavy atom. The quantitative estimate of drug-likeness (QED) is 0.795. The number of benzene rings is 2. The molecule has 25 heavy (non-hydrogen) atoms. The van der Waals surface area contributed by atoms with E-state index < -0.39 is 44.8 Å². The summed E-state index contributed by atoms with van der Waals surface area (Å²) in [5, 5.41) is 2.64. The van der Waals surface area contributed by atoms with E-state index in [-0.39, 0.29) is 10.7 Å². The number of anilines is 1. The molecule has 0 saturated carbocycles. The highest BCUT2D eigenvalue weighted by molar-refractivity contribution is 7.89. The second-order valence-corrected chi connectivity index (χ2v) is 7.38. The van der Waals surface area contributed by atoms with Gasteiger partial charge in [-0.1, -0.05) is 23.7 Å². The highest BCUT2D eigenvalue weighted by Gasteiger charge is 2.29. The van der Waals surface area contributed by atoms with Gasteiger partial charge in [0.2, 0.25) is 15.9 Å². The minimum atomic E-state index is -4.55. The van der Waals surface area contributed by atoms with E-state index in [1.165, 1.54) is 12.1 Å². The van der Waals surface area contributed by atoms with Crippen LogP contribution in [0.25, 0.3) is 0 Å². The van der Waals surface area contributed by atoms with Crippen LogP contribution in [0.5, 0.6) is 0 Å². The molecule has 10 heteroatoms. The number of halogens is 4. The molecule has 0 aliphatic carbocycles. The van der Waals surface area contributed by atoms with E-state index in [1.807, 2.05) is 0 Å². The van der Waals surface area contributed by atoms with Crippen molar-refractivity contribution >= 4 is 33.2 Å². The first-order valence-corrected chi connectivity index (χ1v) is 8.60. The molecular formula is C15H12ClF3N2O3S. The number of likely N-dealkylation sites (N-methyl/N-ethyl adjacent to an activating group) is 1. The molecule has 1 N–H and O–H groups in total. The van der Waals surface area contributed by atoms with Gasteiger partial charge in [-0.2, -0.15) is 4.31 Å². The molecule has 0 atom stereocenters. The van der Waals surface area contributed by atoms with Crippen molar-refractivity contribution in [3.63, 3.8) is 0 Å². The molecule has 5 nitrogen and oxygen atoms in total. The zero-order valence-corrected chi connectivity index (χ0v) is 14.3. The zero-order valence-electron chi connectivity index (χ0n) is 12.8. The number of rotatable bonds is 5. The third-order valence-corrected chi connectivity index (χ3v) is 5.35. The lowest BCUT2D eigenvalue weighted by Gasteiger charge is -2.17. The fraction of sp³-hybridized carbons (Fsp3) is 0.133. The van der Waals surface area contributed by atoms with Crippen molar-refractivity contribution in [3.05, 3.63) is 58.9 Å². The van der Waals surface area contributed by atoms with E-state index >= 15 is 0 Å². The molecule has 2 aromatic carbocycles. The number of carbonyl (C=O) groups excluding carboxylic acids is 1. The summed E-state index contributed by atoms with van der Waals surface area (Å²) in [6, 6.07) is 7.35. The molecule has 0 fully saturated rings. The number of hydrogen-bond donors (Lipinski definition) is 1. The minimum Gasteiger partial charge on any atom is -0.324 e. The van der Waals surface area contributed by atoms with Crippen LogP contribution < -0.4 is 5.32 Å². The molecule has 2 rings (SSSR count). The second-order valence-electron chi connectivity index (χ2n) is 4.96. The van der Waals surface area contributed by atoms with Gasteiger partial charge in [-0.3, -0.25) is 4.79 Å². The topological polar surface area (TPSA) is 66.5 Å². The van der Waals surface area contributed by atoms with Gasteiger partial charge >= 0.3 is 0 Å². The van der Waals surface area contributed by atoms with Crippen LogP contribution >= 0.6 is 11.6 Å². The molecule has 2 aromatic rings. The number of carbonyl (C=O) groups is 1. The predicted octanol–water partition coefficient (Wildman–Crippen LogP) is 3.02. The van der Waals surface area contributed by atoms with Crippen molar-refractivity contribution in [2.75, 3.05) is 18.9 Å². The third-order valence-electron chi connectivity index (χ3n) is 3.20. The molecule has 0 saturated heterocycles. The van der Waals surface area contributed by atoms with Gasteiger partial charge in [0.05, 0.1) is 17.3 Å². The summed E-state index contributed by atoms with van der Waals surface area (Å²) in [5.41, 5.74) is 0.263. The number of sulfonamides is 1. The summed E-state index contributed by atoms with van der Waals surface area (Å²) < 4.78 is 64.9. The molecule has 0 aliphatic rings. The maximum atomic E-state index is 13.7. The van der Waals surface area contributed by atoms with Gasteiger partial charge < -0.3 is 5.32 Å². The number of nitrogens with zero attached hydrogens (tertiary/aromatic N) is 1. The highest BCUT2D eigenvalue weighted by atomic mass is 35.5. The lowest BCUT2D eigenvalue weighted by Crippen LogP contribution is -2.35. The first-order chi connectivity index (χ1) is 11.6. The van der Waals surface area contributed by atoms with Crippen molar-refractivity contribution in [3.8, 4) is 0 Å². The molecular weight excluding hydrogens is 381 g/mol. The van der Waals surface area contributed by atoms with Crippen LogP contribution in [-0.4, -0.2) is 32.2 Å². The molecule has 134 valence electrons. The van der Waals surface area contributed by atoms with Crippen LogP contribution in [0.4, 0.5) is 18.9 Å². The van der Waals surface area contributed by atoms with Crippen molar-refractivity contribution < 1.29 is 26.4 Å². The van der Waals surface area contributed by atoms with Crippen molar-refractivity contribution in [2.24, 2.45) is 0 Å². The normalized spacial score (nSPS) is 11.6. The number of hydrogen-bond acceptors (Lipinski definition) is 3. The van der Waals surface area contributed by atoms with Crippen molar-refractivity contribution in [1.29, 1.82) is 0 Å². The summed E-state index contributed by atoms with van der Waals surface area (Å²) in [6.07, 6.45) is 0. The predicted molar refractivity (Wildman–Crippen MR) is 86.2 cm³/mol. The summed E-state index contributed by atoms with van der Waals surface area (Å²) in [4.78, 5) is 10.9. The zero-order chi connectivity index (χ0) is 18.8. The Bertz CT molecular complexity index is 922. The molecule has 0 aromatic heterocycles. The first kappa shape index (κ1) is 19.2. The fourth-order valence-electron chi connectivity index (χ4n) is 1.91. The molecule has 0 unspecified atom stereocenters. The number of amides is 1. The number of para-hydroxylation sites is 1. The van der Waals surface area contributed by atoms with Gasteiger partial charge in [0, 0.05) is 7.05 Å². The molecule has 0 aliphatic heterocycles. The van der Waals surface area contributed by atoms with E-state index in [0.29, 0.717) is 16.4 Å². The SMILES string of the molecule is CN(CC(=O)Nc1ccccc1Cl)S(=O)(=O)c1ccc(F)c(F)c1F. The Morgan fingerprint density at radius 1 is 1.12 bits per heavy atom. The molecule has 1 amide bonds. The van der Waals surface area contributed by atoms with E-state index in [2.05, 4.69) is 5.32 Å². The van der Waals surface area contributed by atoms with E-state index in [4.69, 9.17) is 11.6 Å². The Morgan fingerprint density at radius 3 is 2.40 bits per heavy atom. The van der Waals surface area contributed by atoms with Crippen molar-refractivity contribution in [1.82, 2.24) is 4.31 Å². The van der Waals surface area contributed by atoms with Gasteiger partial charge in [-0.15, -0.1) is 0 Å². The Kier molecular flexibility index (Phi) is 5.71. The largest absolute Gasteiger partial charge is 0.324 e. The molecule has 0 bridgehead atoms. The average molecular weight is 393 g/mol. The van der Waals surface area contributed by atoms with Crippen molar-refractivity contribution in [2.45, 2.75) is 4.90 Å². The molecule has 0 radical (unpaired) electrons. The Balaban J connectivity index is 2.19. The lowest BCUT2D eigenvalue weighted by atomic mass is 10.3. The van der Waals surface area contributed by atoms with E-state index in [0.717, 1.165) is 7.05 Å². The summed E-state index contributed by atoms with van der Waals surface area (Å²) in [5.74, 6) is -6.02. The molecule has 0 spiro atoms. The smallest absolute Gasteiger partial charge is 0.246 e. The van der Waals surface area contributed by atoms with Crippen LogP contribution in [0.15, 0.2) is 41.3 Å². The third kappa shape index (κ3) is 4.12.